The van der Waals surface area contributed by atoms with E-state index >= 15 is 0 Å². The molecule has 1 atom stereocenters. The van der Waals surface area contributed by atoms with Crippen LogP contribution < -0.4 is 10.2 Å². The lowest BCUT2D eigenvalue weighted by Crippen LogP contribution is -2.32. The third-order valence-corrected chi connectivity index (χ3v) is 5.89. The fourth-order valence-corrected chi connectivity index (χ4v) is 4.31. The maximum Gasteiger partial charge on any atom is 0.224 e. The zero-order chi connectivity index (χ0) is 21.2. The highest BCUT2D eigenvalue weighted by molar-refractivity contribution is 6.30. The molecule has 1 aliphatic rings. The second kappa shape index (κ2) is 8.53. The smallest absolute Gasteiger partial charge is 0.224 e. The monoisotopic (exact) mass is 434 g/mol. The van der Waals surface area contributed by atoms with Crippen LogP contribution in [0, 0.1) is 0 Å². The van der Waals surface area contributed by atoms with Crippen molar-refractivity contribution in [2.24, 2.45) is 0 Å². The Bertz CT molecular complexity index is 1200. The maximum atomic E-state index is 9.64. The Balaban J connectivity index is 1.46. The van der Waals surface area contributed by atoms with Crippen molar-refractivity contribution >= 4 is 29.0 Å². The fourth-order valence-electron chi connectivity index (χ4n) is 4.15. The van der Waals surface area contributed by atoms with Gasteiger partial charge in [-0.25, -0.2) is 9.97 Å². The van der Waals surface area contributed by atoms with Crippen LogP contribution >= 0.6 is 11.6 Å². The molecule has 0 amide bonds. The molecule has 0 radical (unpaired) electrons. The lowest BCUT2D eigenvalue weighted by molar-refractivity contribution is 0.266. The molecule has 1 aliphatic heterocycles. The number of aliphatic hydroxyl groups excluding tert-OH is 1. The molecule has 2 N–H and O–H groups in total. The van der Waals surface area contributed by atoms with Gasteiger partial charge in [0.15, 0.2) is 0 Å². The van der Waals surface area contributed by atoms with Crippen LogP contribution in [0.5, 0.6) is 0 Å². The van der Waals surface area contributed by atoms with Crippen LogP contribution in [0.2, 0.25) is 5.02 Å². The van der Waals surface area contributed by atoms with Crippen molar-refractivity contribution in [3.05, 3.63) is 71.6 Å². The van der Waals surface area contributed by atoms with Gasteiger partial charge in [0, 0.05) is 24.5 Å². The topological polar surface area (TPSA) is 78.6 Å². The number of halogens is 1. The quantitative estimate of drug-likeness (QED) is 0.477. The number of fused-ring (bicyclic) bond motifs is 1. The average molecular weight is 435 g/mol. The predicted octanol–water partition coefficient (Wildman–Crippen LogP) is 4.02. The predicted molar refractivity (Wildman–Crippen MR) is 122 cm³/mol. The number of anilines is 2. The van der Waals surface area contributed by atoms with Gasteiger partial charge in [-0.3, -0.25) is 0 Å². The van der Waals surface area contributed by atoms with Gasteiger partial charge in [-0.2, -0.15) is 4.98 Å². The zero-order valence-corrected chi connectivity index (χ0v) is 17.7. The van der Waals surface area contributed by atoms with Gasteiger partial charge >= 0.3 is 0 Å². The van der Waals surface area contributed by atoms with Crippen LogP contribution in [0.4, 0.5) is 11.8 Å². The second-order valence-electron chi connectivity index (χ2n) is 7.61. The van der Waals surface area contributed by atoms with E-state index in [1.807, 2.05) is 59.1 Å². The molecule has 0 spiro atoms. The molecule has 4 aromatic rings. The fraction of sp³-hybridized carbons (Fsp3) is 0.261. The number of hydrogen-bond acceptors (Lipinski definition) is 6. The van der Waals surface area contributed by atoms with Crippen molar-refractivity contribution in [2.75, 3.05) is 23.4 Å². The number of aliphatic hydroxyl groups is 1. The SMILES string of the molecule is OC[C@H]1CCCN1c1ccnc(NCc2c(-c3ccccc3)nc3ccc(Cl)cn23)n1. The van der Waals surface area contributed by atoms with Crippen LogP contribution in [-0.2, 0) is 6.54 Å². The Hall–Kier alpha value is -3.16. The summed E-state index contributed by atoms with van der Waals surface area (Å²) in [5.74, 6) is 1.37. The third kappa shape index (κ3) is 3.94. The Kier molecular flexibility index (Phi) is 5.44. The molecular weight excluding hydrogens is 412 g/mol. The molecule has 1 fully saturated rings. The van der Waals surface area contributed by atoms with Gasteiger partial charge in [0.2, 0.25) is 5.95 Å². The number of benzene rings is 1. The summed E-state index contributed by atoms with van der Waals surface area (Å²) in [6.07, 6.45) is 5.66. The molecule has 0 bridgehead atoms. The summed E-state index contributed by atoms with van der Waals surface area (Å²) in [6, 6.07) is 15.9. The van der Waals surface area contributed by atoms with Crippen LogP contribution in [0.15, 0.2) is 60.9 Å². The highest BCUT2D eigenvalue weighted by Gasteiger charge is 2.25. The standard InChI is InChI=1S/C23H23ClN6O/c24-17-8-9-20-27-22(16-5-2-1-3-6-16)19(30(20)14-17)13-26-23-25-11-10-21(28-23)29-12-4-7-18(29)15-31/h1-3,5-6,8-11,14,18,31H,4,7,12-13,15H2,(H,25,26,28)/t18-/m1/s1. The lowest BCUT2D eigenvalue weighted by Gasteiger charge is -2.24. The summed E-state index contributed by atoms with van der Waals surface area (Å²) in [5, 5.41) is 13.6. The summed E-state index contributed by atoms with van der Waals surface area (Å²) >= 11 is 6.26. The van der Waals surface area contributed by atoms with Crippen LogP contribution in [-0.4, -0.2) is 43.7 Å². The number of hydrogen-bond donors (Lipinski definition) is 2. The van der Waals surface area contributed by atoms with Gasteiger partial charge in [-0.1, -0.05) is 41.9 Å². The molecule has 8 heteroatoms. The summed E-state index contributed by atoms with van der Waals surface area (Å²) in [6.45, 7) is 1.51. The molecule has 5 rings (SSSR count). The van der Waals surface area contributed by atoms with Gasteiger partial charge in [0.05, 0.1) is 35.6 Å². The van der Waals surface area contributed by atoms with Crippen molar-refractivity contribution in [3.63, 3.8) is 0 Å². The first-order valence-corrected chi connectivity index (χ1v) is 10.8. The number of nitrogens with zero attached hydrogens (tertiary/aromatic N) is 5. The van der Waals surface area contributed by atoms with E-state index in [4.69, 9.17) is 16.6 Å². The van der Waals surface area contributed by atoms with Crippen LogP contribution in [0.25, 0.3) is 16.9 Å². The Morgan fingerprint density at radius 2 is 1.97 bits per heavy atom. The van der Waals surface area contributed by atoms with E-state index in [-0.39, 0.29) is 12.6 Å². The minimum absolute atomic E-state index is 0.119. The van der Waals surface area contributed by atoms with Crippen molar-refractivity contribution in [1.82, 2.24) is 19.4 Å². The molecule has 1 saturated heterocycles. The molecule has 158 valence electrons. The highest BCUT2D eigenvalue weighted by Crippen LogP contribution is 2.27. The van der Waals surface area contributed by atoms with E-state index in [9.17, 15) is 5.11 Å². The maximum absolute atomic E-state index is 9.64. The first-order chi connectivity index (χ1) is 15.2. The number of rotatable bonds is 6. The van der Waals surface area contributed by atoms with Crippen molar-refractivity contribution < 1.29 is 5.11 Å². The molecule has 7 nitrogen and oxygen atoms in total. The highest BCUT2D eigenvalue weighted by atomic mass is 35.5. The molecule has 0 saturated carbocycles. The van der Waals surface area contributed by atoms with Gasteiger partial charge in [0.1, 0.15) is 11.5 Å². The summed E-state index contributed by atoms with van der Waals surface area (Å²) < 4.78 is 2.00. The first kappa shape index (κ1) is 19.8. The van der Waals surface area contributed by atoms with E-state index in [0.717, 1.165) is 47.8 Å². The normalized spacial score (nSPS) is 16.2. The van der Waals surface area contributed by atoms with E-state index in [0.29, 0.717) is 17.5 Å². The summed E-state index contributed by atoms with van der Waals surface area (Å²) in [5.41, 5.74) is 3.74. The number of aromatic nitrogens is 4. The molecule has 4 heterocycles. The van der Waals surface area contributed by atoms with Gasteiger partial charge in [0.25, 0.3) is 0 Å². The Labute approximate surface area is 185 Å². The van der Waals surface area contributed by atoms with E-state index in [2.05, 4.69) is 20.2 Å². The van der Waals surface area contributed by atoms with E-state index < -0.39 is 0 Å². The molecule has 1 aromatic carbocycles. The molecule has 0 aliphatic carbocycles. The first-order valence-electron chi connectivity index (χ1n) is 10.4. The Morgan fingerprint density at radius 3 is 2.81 bits per heavy atom. The minimum Gasteiger partial charge on any atom is -0.394 e. The van der Waals surface area contributed by atoms with Crippen molar-refractivity contribution in [1.29, 1.82) is 0 Å². The van der Waals surface area contributed by atoms with Crippen molar-refractivity contribution in [3.8, 4) is 11.3 Å². The summed E-state index contributed by atoms with van der Waals surface area (Å²) in [7, 11) is 0. The van der Waals surface area contributed by atoms with Crippen LogP contribution in [0.3, 0.4) is 0 Å². The van der Waals surface area contributed by atoms with Gasteiger partial charge in [-0.05, 0) is 31.0 Å². The Morgan fingerprint density at radius 1 is 1.10 bits per heavy atom. The number of nitrogens with one attached hydrogen (secondary N) is 1. The zero-order valence-electron chi connectivity index (χ0n) is 16.9. The third-order valence-electron chi connectivity index (χ3n) is 5.67. The molecule has 0 unspecified atom stereocenters. The molecule has 31 heavy (non-hydrogen) atoms. The second-order valence-corrected chi connectivity index (χ2v) is 8.05. The summed E-state index contributed by atoms with van der Waals surface area (Å²) in [4.78, 5) is 16.1. The van der Waals surface area contributed by atoms with Crippen LogP contribution in [0.1, 0.15) is 18.5 Å². The number of imidazole rings is 1. The number of pyridine rings is 1. The largest absolute Gasteiger partial charge is 0.394 e. The molecule has 3 aromatic heterocycles. The van der Waals surface area contributed by atoms with E-state index in [1.165, 1.54) is 0 Å². The van der Waals surface area contributed by atoms with E-state index in [1.54, 1.807) is 6.20 Å². The lowest BCUT2D eigenvalue weighted by atomic mass is 10.1. The molecular formula is C23H23ClN6O. The average Bonchev–Trinajstić information content (AvgIpc) is 3.43. The minimum atomic E-state index is 0.119. The van der Waals surface area contributed by atoms with Gasteiger partial charge in [-0.15, -0.1) is 0 Å². The van der Waals surface area contributed by atoms with Gasteiger partial charge < -0.3 is 19.7 Å². The van der Waals surface area contributed by atoms with Crippen molar-refractivity contribution in [2.45, 2.75) is 25.4 Å².